The summed E-state index contributed by atoms with van der Waals surface area (Å²) in [4.78, 5) is 14.6. The van der Waals surface area contributed by atoms with Gasteiger partial charge in [-0.25, -0.2) is 15.0 Å². The molecule has 1 aliphatic heterocycles. The summed E-state index contributed by atoms with van der Waals surface area (Å²) in [6.07, 6.45) is 4.16. The van der Waals surface area contributed by atoms with E-state index in [1.165, 1.54) is 6.33 Å². The number of hydrogen-bond donors (Lipinski definition) is 2. The first-order valence-electron chi connectivity index (χ1n) is 7.41. The van der Waals surface area contributed by atoms with Crippen molar-refractivity contribution in [1.82, 2.24) is 20.3 Å². The highest BCUT2D eigenvalue weighted by Gasteiger charge is 2.25. The van der Waals surface area contributed by atoms with E-state index in [1.54, 1.807) is 13.3 Å². The van der Waals surface area contributed by atoms with Crippen molar-refractivity contribution in [2.24, 2.45) is 0 Å². The van der Waals surface area contributed by atoms with Crippen molar-refractivity contribution in [2.75, 3.05) is 30.8 Å². The molecule has 2 aromatic heterocycles. The largest absolute Gasteiger partial charge is 0.481 e. The van der Waals surface area contributed by atoms with Crippen molar-refractivity contribution in [3.8, 4) is 5.88 Å². The fourth-order valence-corrected chi connectivity index (χ4v) is 2.97. The van der Waals surface area contributed by atoms with Crippen molar-refractivity contribution in [3.63, 3.8) is 0 Å². The molecule has 1 saturated heterocycles. The molecule has 0 saturated carbocycles. The minimum absolute atomic E-state index is 0.317. The van der Waals surface area contributed by atoms with E-state index >= 15 is 0 Å². The molecule has 0 aliphatic carbocycles. The maximum absolute atomic E-state index is 6.21. The summed E-state index contributed by atoms with van der Waals surface area (Å²) < 4.78 is 5.24. The van der Waals surface area contributed by atoms with E-state index < -0.39 is 0 Å². The molecule has 1 atom stereocenters. The summed E-state index contributed by atoms with van der Waals surface area (Å²) in [5.74, 6) is 1.78. The van der Waals surface area contributed by atoms with E-state index in [1.807, 2.05) is 12.1 Å². The van der Waals surface area contributed by atoms with Crippen LogP contribution in [0, 0.1) is 0 Å². The van der Waals surface area contributed by atoms with Crippen LogP contribution in [0.3, 0.4) is 0 Å². The number of methoxy groups -OCH3 is 1. The van der Waals surface area contributed by atoms with Crippen LogP contribution in [-0.4, -0.2) is 41.2 Å². The van der Waals surface area contributed by atoms with Gasteiger partial charge in [0.15, 0.2) is 0 Å². The van der Waals surface area contributed by atoms with E-state index in [4.69, 9.17) is 22.1 Å². The zero-order valence-electron chi connectivity index (χ0n) is 12.9. The monoisotopic (exact) mass is 334 g/mol. The maximum Gasteiger partial charge on any atom is 0.222 e. The number of halogens is 1. The predicted octanol–water partition coefficient (Wildman–Crippen LogP) is 1.48. The number of nitrogens with zero attached hydrogens (tertiary/aromatic N) is 4. The topological polar surface area (TPSA) is 89.2 Å². The average Bonchev–Trinajstić information content (AvgIpc) is 3.02. The van der Waals surface area contributed by atoms with Crippen LogP contribution in [0.5, 0.6) is 5.88 Å². The summed E-state index contributed by atoms with van der Waals surface area (Å²) >= 11 is 6.21. The summed E-state index contributed by atoms with van der Waals surface area (Å²) in [7, 11) is 1.58. The van der Waals surface area contributed by atoms with E-state index in [9.17, 15) is 0 Å². The van der Waals surface area contributed by atoms with Crippen LogP contribution in [0.1, 0.15) is 12.0 Å². The smallest absolute Gasteiger partial charge is 0.222 e. The molecule has 122 valence electrons. The number of hydrogen-bond acceptors (Lipinski definition) is 7. The molecular weight excluding hydrogens is 316 g/mol. The molecule has 0 spiro atoms. The van der Waals surface area contributed by atoms with Gasteiger partial charge in [-0.3, -0.25) is 0 Å². The molecule has 2 aromatic rings. The van der Waals surface area contributed by atoms with Crippen LogP contribution in [-0.2, 0) is 6.54 Å². The molecule has 3 rings (SSSR count). The first-order chi connectivity index (χ1) is 11.2. The third-order valence-corrected chi connectivity index (χ3v) is 4.22. The lowest BCUT2D eigenvalue weighted by Crippen LogP contribution is -2.32. The lowest BCUT2D eigenvalue weighted by molar-refractivity contribution is 0.388. The Balaban J connectivity index is 1.62. The minimum atomic E-state index is 0.317. The highest BCUT2D eigenvalue weighted by atomic mass is 35.5. The first kappa shape index (κ1) is 15.8. The van der Waals surface area contributed by atoms with Crippen molar-refractivity contribution < 1.29 is 4.74 Å². The number of pyridine rings is 1. The summed E-state index contributed by atoms with van der Waals surface area (Å²) in [6, 6.07) is 4.01. The Morgan fingerprint density at radius 1 is 1.43 bits per heavy atom. The van der Waals surface area contributed by atoms with Crippen LogP contribution in [0.4, 0.5) is 11.6 Å². The molecule has 7 nitrogen and oxygen atoms in total. The molecule has 1 fully saturated rings. The molecule has 3 N–H and O–H groups in total. The zero-order valence-corrected chi connectivity index (χ0v) is 13.6. The SMILES string of the molecule is COc1ncnc(N)c1CNC1CCN(c2ncccc2Cl)C1. The molecule has 0 aromatic carbocycles. The normalized spacial score (nSPS) is 17.5. The Morgan fingerprint density at radius 2 is 2.30 bits per heavy atom. The average molecular weight is 335 g/mol. The van der Waals surface area contributed by atoms with E-state index in [-0.39, 0.29) is 0 Å². The van der Waals surface area contributed by atoms with E-state index in [0.29, 0.717) is 29.3 Å². The van der Waals surface area contributed by atoms with Crippen LogP contribution < -0.4 is 20.7 Å². The molecule has 1 unspecified atom stereocenters. The van der Waals surface area contributed by atoms with E-state index in [0.717, 1.165) is 30.9 Å². The molecule has 8 heteroatoms. The summed E-state index contributed by atoms with van der Waals surface area (Å²) in [5.41, 5.74) is 6.69. The first-order valence-corrected chi connectivity index (χ1v) is 7.79. The second kappa shape index (κ2) is 6.97. The second-order valence-corrected chi connectivity index (χ2v) is 5.78. The fourth-order valence-electron chi connectivity index (χ4n) is 2.73. The fraction of sp³-hybridized carbons (Fsp3) is 0.400. The zero-order chi connectivity index (χ0) is 16.2. The third-order valence-electron chi connectivity index (χ3n) is 3.93. The minimum Gasteiger partial charge on any atom is -0.481 e. The van der Waals surface area contributed by atoms with Crippen LogP contribution in [0.2, 0.25) is 5.02 Å². The number of rotatable bonds is 5. The maximum atomic E-state index is 6.21. The molecular formula is C15H19ClN6O. The number of nitrogen functional groups attached to an aromatic ring is 1. The van der Waals surface area contributed by atoms with Crippen LogP contribution >= 0.6 is 11.6 Å². The molecule has 0 bridgehead atoms. The Labute approximate surface area is 139 Å². The molecule has 0 radical (unpaired) electrons. The van der Waals surface area contributed by atoms with Gasteiger partial charge in [-0.1, -0.05) is 11.6 Å². The standard InChI is InChI=1S/C15H19ClN6O/c1-23-15-11(13(17)20-9-21-15)7-19-10-4-6-22(8-10)14-12(16)3-2-5-18-14/h2-3,5,9-10,19H,4,6-8H2,1H3,(H2,17,20,21). The van der Waals surface area contributed by atoms with Gasteiger partial charge in [0.05, 0.1) is 17.7 Å². The highest BCUT2D eigenvalue weighted by molar-refractivity contribution is 6.32. The number of nitrogens with two attached hydrogens (primary N) is 1. The summed E-state index contributed by atoms with van der Waals surface area (Å²) in [6.45, 7) is 2.31. The summed E-state index contributed by atoms with van der Waals surface area (Å²) in [5, 5.41) is 4.16. The molecule has 3 heterocycles. The molecule has 1 aliphatic rings. The molecule has 0 amide bonds. The van der Waals surface area contributed by atoms with Crippen molar-refractivity contribution in [3.05, 3.63) is 35.2 Å². The van der Waals surface area contributed by atoms with Gasteiger partial charge >= 0.3 is 0 Å². The Morgan fingerprint density at radius 3 is 3.09 bits per heavy atom. The quantitative estimate of drug-likeness (QED) is 0.856. The van der Waals surface area contributed by atoms with Gasteiger partial charge in [0, 0.05) is 31.9 Å². The van der Waals surface area contributed by atoms with Gasteiger partial charge in [-0.05, 0) is 18.6 Å². The Kier molecular flexibility index (Phi) is 4.78. The van der Waals surface area contributed by atoms with E-state index in [2.05, 4.69) is 25.2 Å². The predicted molar refractivity (Wildman–Crippen MR) is 89.7 cm³/mol. The van der Waals surface area contributed by atoms with Crippen LogP contribution in [0.25, 0.3) is 0 Å². The van der Waals surface area contributed by atoms with Gasteiger partial charge in [0.1, 0.15) is 18.0 Å². The third kappa shape index (κ3) is 3.46. The van der Waals surface area contributed by atoms with Gasteiger partial charge in [-0.2, -0.15) is 0 Å². The number of nitrogens with one attached hydrogen (secondary N) is 1. The van der Waals surface area contributed by atoms with Crippen LogP contribution in [0.15, 0.2) is 24.7 Å². The second-order valence-electron chi connectivity index (χ2n) is 5.37. The van der Waals surface area contributed by atoms with Gasteiger partial charge in [-0.15, -0.1) is 0 Å². The molecule has 23 heavy (non-hydrogen) atoms. The number of aromatic nitrogens is 3. The number of anilines is 2. The lowest BCUT2D eigenvalue weighted by atomic mass is 10.2. The van der Waals surface area contributed by atoms with Gasteiger partial charge < -0.3 is 20.7 Å². The van der Waals surface area contributed by atoms with Crippen molar-refractivity contribution in [1.29, 1.82) is 0 Å². The van der Waals surface area contributed by atoms with Crippen molar-refractivity contribution >= 4 is 23.2 Å². The Hall–Kier alpha value is -2.12. The lowest BCUT2D eigenvalue weighted by Gasteiger charge is -2.19. The van der Waals surface area contributed by atoms with Gasteiger partial charge in [0.2, 0.25) is 5.88 Å². The number of ether oxygens (including phenoxy) is 1. The highest BCUT2D eigenvalue weighted by Crippen LogP contribution is 2.26. The Bertz CT molecular complexity index is 683. The van der Waals surface area contributed by atoms with Gasteiger partial charge in [0.25, 0.3) is 0 Å². The van der Waals surface area contributed by atoms with Crippen molar-refractivity contribution in [2.45, 2.75) is 19.0 Å².